The fraction of sp³-hybridized carbons (Fsp3) is 0.250. The minimum absolute atomic E-state index is 0. The summed E-state index contributed by atoms with van der Waals surface area (Å²) in [5, 5.41) is 2.76. The van der Waals surface area contributed by atoms with Crippen LogP contribution in [0.3, 0.4) is 0 Å². The molecular formula is C12H13N3OS2. The third-order valence-electron chi connectivity index (χ3n) is 2.76. The van der Waals surface area contributed by atoms with Crippen LogP contribution in [0.2, 0.25) is 0 Å². The van der Waals surface area contributed by atoms with E-state index < -0.39 is 0 Å². The second-order valence-corrected chi connectivity index (χ2v) is 5.81. The van der Waals surface area contributed by atoms with Gasteiger partial charge in [0.2, 0.25) is 0 Å². The SMILES string of the molecule is CC1C=CC(c2csc(-c3nsc(=O)[nH]3)n2)=CC1.[HH]. The maximum Gasteiger partial charge on any atom is 0.323 e. The van der Waals surface area contributed by atoms with E-state index in [1.165, 1.54) is 11.3 Å². The average molecular weight is 279 g/mol. The highest BCUT2D eigenvalue weighted by molar-refractivity contribution is 7.13. The second-order valence-electron chi connectivity index (χ2n) is 4.21. The highest BCUT2D eigenvalue weighted by Gasteiger charge is 2.12. The maximum atomic E-state index is 11.1. The van der Waals surface area contributed by atoms with Crippen LogP contribution >= 0.6 is 22.9 Å². The van der Waals surface area contributed by atoms with Crippen molar-refractivity contribution >= 4 is 28.4 Å². The Bertz CT molecular complexity index is 683. The van der Waals surface area contributed by atoms with Crippen LogP contribution < -0.4 is 4.87 Å². The molecule has 2 aromatic heterocycles. The molecule has 0 fully saturated rings. The molecule has 0 bridgehead atoms. The van der Waals surface area contributed by atoms with Crippen LogP contribution in [0.25, 0.3) is 16.4 Å². The van der Waals surface area contributed by atoms with Crippen LogP contribution in [0.15, 0.2) is 28.4 Å². The van der Waals surface area contributed by atoms with E-state index >= 15 is 0 Å². The minimum Gasteiger partial charge on any atom is -0.294 e. The molecular weight excluding hydrogens is 266 g/mol. The van der Waals surface area contributed by atoms with E-state index in [1.54, 1.807) is 0 Å². The summed E-state index contributed by atoms with van der Waals surface area (Å²) in [6.07, 6.45) is 7.55. The molecule has 1 aliphatic carbocycles. The molecule has 1 N–H and O–H groups in total. The van der Waals surface area contributed by atoms with E-state index in [9.17, 15) is 4.79 Å². The highest BCUT2D eigenvalue weighted by atomic mass is 32.1. The van der Waals surface area contributed by atoms with Gasteiger partial charge in [0.25, 0.3) is 0 Å². The molecule has 2 aromatic rings. The molecule has 0 aromatic carbocycles. The number of rotatable bonds is 2. The molecule has 0 radical (unpaired) electrons. The van der Waals surface area contributed by atoms with Crippen LogP contribution in [-0.2, 0) is 0 Å². The Morgan fingerprint density at radius 1 is 1.56 bits per heavy atom. The first-order chi connectivity index (χ1) is 8.72. The molecule has 0 amide bonds. The Hall–Kier alpha value is -1.53. The van der Waals surface area contributed by atoms with Gasteiger partial charge in [0.05, 0.1) is 5.69 Å². The largest absolute Gasteiger partial charge is 0.323 e. The molecule has 2 heterocycles. The fourth-order valence-electron chi connectivity index (χ4n) is 1.75. The summed E-state index contributed by atoms with van der Waals surface area (Å²) in [7, 11) is 0. The molecule has 0 saturated heterocycles. The van der Waals surface area contributed by atoms with Gasteiger partial charge in [-0.2, -0.15) is 4.37 Å². The van der Waals surface area contributed by atoms with Crippen LogP contribution in [-0.4, -0.2) is 14.3 Å². The molecule has 6 heteroatoms. The number of aromatic amines is 1. The van der Waals surface area contributed by atoms with E-state index in [1.807, 2.05) is 5.38 Å². The lowest BCUT2D eigenvalue weighted by molar-refractivity contribution is 0.739. The van der Waals surface area contributed by atoms with Gasteiger partial charge in [-0.3, -0.25) is 9.78 Å². The molecule has 1 unspecified atom stereocenters. The summed E-state index contributed by atoms with van der Waals surface area (Å²) >= 11 is 2.42. The molecule has 94 valence electrons. The summed E-state index contributed by atoms with van der Waals surface area (Å²) in [5.74, 6) is 1.16. The minimum atomic E-state index is -0.146. The highest BCUT2D eigenvalue weighted by Crippen LogP contribution is 2.28. The molecule has 0 spiro atoms. The van der Waals surface area contributed by atoms with Gasteiger partial charge < -0.3 is 0 Å². The lowest BCUT2D eigenvalue weighted by atomic mass is 9.97. The zero-order valence-corrected chi connectivity index (χ0v) is 11.3. The van der Waals surface area contributed by atoms with Gasteiger partial charge in [0.1, 0.15) is 0 Å². The van der Waals surface area contributed by atoms with Crippen molar-refractivity contribution < 1.29 is 1.43 Å². The van der Waals surface area contributed by atoms with Gasteiger partial charge in [0, 0.05) is 18.3 Å². The summed E-state index contributed by atoms with van der Waals surface area (Å²) in [5.41, 5.74) is 2.10. The molecule has 18 heavy (non-hydrogen) atoms. The van der Waals surface area contributed by atoms with Crippen molar-refractivity contribution in [2.75, 3.05) is 0 Å². The van der Waals surface area contributed by atoms with Crippen molar-refractivity contribution in [2.24, 2.45) is 5.92 Å². The third-order valence-corrected chi connectivity index (χ3v) is 4.15. The summed E-state index contributed by atoms with van der Waals surface area (Å²) < 4.78 is 4.04. The van der Waals surface area contributed by atoms with Crippen molar-refractivity contribution in [1.29, 1.82) is 0 Å². The van der Waals surface area contributed by atoms with Crippen molar-refractivity contribution in [3.8, 4) is 10.8 Å². The van der Waals surface area contributed by atoms with Gasteiger partial charge in [-0.05, 0) is 17.9 Å². The number of thiazole rings is 1. The molecule has 0 saturated carbocycles. The number of aromatic nitrogens is 3. The molecule has 3 rings (SSSR count). The Labute approximate surface area is 113 Å². The first-order valence-corrected chi connectivity index (χ1v) is 7.28. The Balaban J connectivity index is 0.00000133. The standard InChI is InChI=1S/C12H11N3OS2.H2/c1-7-2-4-8(5-3-7)9-6-17-11(13-9)10-14-12(16)18-15-10;/h2,4-7H,3H2,1H3,(H,14,15,16);1H. The van der Waals surface area contributed by atoms with Crippen LogP contribution in [0, 0.1) is 5.92 Å². The van der Waals surface area contributed by atoms with Gasteiger partial charge in [-0.1, -0.05) is 25.2 Å². The zero-order chi connectivity index (χ0) is 12.5. The number of nitrogens with one attached hydrogen (secondary N) is 1. The first-order valence-electron chi connectivity index (χ1n) is 5.63. The van der Waals surface area contributed by atoms with Crippen LogP contribution in [0.4, 0.5) is 0 Å². The van der Waals surface area contributed by atoms with Gasteiger partial charge in [0.15, 0.2) is 10.8 Å². The van der Waals surface area contributed by atoms with Crippen LogP contribution in [0.1, 0.15) is 20.5 Å². The predicted molar refractivity (Wildman–Crippen MR) is 76.9 cm³/mol. The summed E-state index contributed by atoms with van der Waals surface area (Å²) in [4.78, 5) is 18.1. The quantitative estimate of drug-likeness (QED) is 0.918. The van der Waals surface area contributed by atoms with Crippen molar-refractivity contribution in [3.63, 3.8) is 0 Å². The summed E-state index contributed by atoms with van der Waals surface area (Å²) in [6.45, 7) is 2.19. The van der Waals surface area contributed by atoms with E-state index in [0.717, 1.165) is 34.2 Å². The van der Waals surface area contributed by atoms with Gasteiger partial charge in [-0.25, -0.2) is 4.98 Å². The maximum absolute atomic E-state index is 11.1. The van der Waals surface area contributed by atoms with E-state index in [-0.39, 0.29) is 6.30 Å². The van der Waals surface area contributed by atoms with E-state index in [4.69, 9.17) is 0 Å². The van der Waals surface area contributed by atoms with Crippen molar-refractivity contribution in [1.82, 2.24) is 14.3 Å². The number of hydrogen-bond donors (Lipinski definition) is 1. The monoisotopic (exact) mass is 279 g/mol. The van der Waals surface area contributed by atoms with E-state index in [2.05, 4.69) is 39.5 Å². The lowest BCUT2D eigenvalue weighted by Gasteiger charge is -2.09. The lowest BCUT2D eigenvalue weighted by Crippen LogP contribution is -1.95. The number of nitrogens with zero attached hydrogens (tertiary/aromatic N) is 2. The van der Waals surface area contributed by atoms with Gasteiger partial charge >= 0.3 is 4.87 Å². The summed E-state index contributed by atoms with van der Waals surface area (Å²) in [6, 6.07) is 0. The first kappa shape index (κ1) is 11.6. The van der Waals surface area contributed by atoms with E-state index in [0.29, 0.717) is 11.7 Å². The molecule has 1 atom stereocenters. The molecule has 0 aliphatic heterocycles. The fourth-order valence-corrected chi connectivity index (χ4v) is 3.03. The predicted octanol–water partition coefficient (Wildman–Crippen LogP) is 3.18. The average Bonchev–Trinajstić information content (AvgIpc) is 2.98. The zero-order valence-electron chi connectivity index (χ0n) is 9.71. The Morgan fingerprint density at radius 2 is 2.44 bits per heavy atom. The van der Waals surface area contributed by atoms with Gasteiger partial charge in [-0.15, -0.1) is 11.3 Å². The Kier molecular flexibility index (Phi) is 2.97. The smallest absolute Gasteiger partial charge is 0.294 e. The van der Waals surface area contributed by atoms with Crippen molar-refractivity contribution in [3.05, 3.63) is 39.0 Å². The van der Waals surface area contributed by atoms with Crippen LogP contribution in [0.5, 0.6) is 0 Å². The normalized spacial score (nSPS) is 18.9. The molecule has 4 nitrogen and oxygen atoms in total. The number of hydrogen-bond acceptors (Lipinski definition) is 5. The Morgan fingerprint density at radius 3 is 3.11 bits per heavy atom. The third kappa shape index (κ3) is 2.21. The number of H-pyrrole nitrogens is 1. The second kappa shape index (κ2) is 4.62. The molecule has 1 aliphatic rings. The van der Waals surface area contributed by atoms with Crippen molar-refractivity contribution in [2.45, 2.75) is 13.3 Å². The number of allylic oxidation sites excluding steroid dienone is 4. The topological polar surface area (TPSA) is 58.6 Å².